The van der Waals surface area contributed by atoms with E-state index in [-0.39, 0.29) is 5.56 Å². The second-order valence-corrected chi connectivity index (χ2v) is 4.28. The van der Waals surface area contributed by atoms with Gasteiger partial charge in [0, 0.05) is 18.3 Å². The molecule has 94 valence electrons. The predicted octanol–water partition coefficient (Wildman–Crippen LogP) is 1.97. The Morgan fingerprint density at radius 1 is 1.17 bits per heavy atom. The van der Waals surface area contributed by atoms with Gasteiger partial charge in [-0.2, -0.15) is 5.10 Å². The van der Waals surface area contributed by atoms with Crippen LogP contribution in [0.1, 0.15) is 11.3 Å². The van der Waals surface area contributed by atoms with Gasteiger partial charge in [-0.25, -0.2) is 4.68 Å². The van der Waals surface area contributed by atoms with Gasteiger partial charge in [0.25, 0.3) is 5.56 Å². The lowest BCUT2D eigenvalue weighted by atomic mass is 10.2. The maximum atomic E-state index is 11.6. The normalized spacial score (nSPS) is 10.3. The first kappa shape index (κ1) is 12.4. The Bertz CT molecular complexity index is 590. The fourth-order valence-corrected chi connectivity index (χ4v) is 1.78. The number of hydrogen-bond acceptors (Lipinski definition) is 3. The predicted molar refractivity (Wildman–Crippen MR) is 72.9 cm³/mol. The van der Waals surface area contributed by atoms with E-state index in [4.69, 9.17) is 0 Å². The minimum absolute atomic E-state index is 0.0628. The summed E-state index contributed by atoms with van der Waals surface area (Å²) in [4.78, 5) is 11.6. The Morgan fingerprint density at radius 3 is 2.72 bits per heavy atom. The van der Waals surface area contributed by atoms with Crippen LogP contribution in [0.3, 0.4) is 0 Å². The van der Waals surface area contributed by atoms with Crippen LogP contribution in [0, 0.1) is 13.8 Å². The third-order valence-electron chi connectivity index (χ3n) is 2.78. The van der Waals surface area contributed by atoms with Gasteiger partial charge in [-0.3, -0.25) is 4.79 Å². The first-order valence-electron chi connectivity index (χ1n) is 6.01. The third kappa shape index (κ3) is 2.97. The van der Waals surface area contributed by atoms with Crippen LogP contribution in [-0.4, -0.2) is 16.3 Å². The molecule has 4 heteroatoms. The van der Waals surface area contributed by atoms with Crippen molar-refractivity contribution in [2.75, 3.05) is 11.9 Å². The third-order valence-corrected chi connectivity index (χ3v) is 2.78. The molecule has 0 spiro atoms. The van der Waals surface area contributed by atoms with Crippen molar-refractivity contribution in [3.8, 4) is 0 Å². The molecule has 0 radical (unpaired) electrons. The summed E-state index contributed by atoms with van der Waals surface area (Å²) in [5.74, 6) is 0. The molecular weight excluding hydrogens is 226 g/mol. The average Bonchev–Trinajstić information content (AvgIpc) is 2.36. The van der Waals surface area contributed by atoms with Gasteiger partial charge in [-0.05, 0) is 31.5 Å². The van der Waals surface area contributed by atoms with Crippen molar-refractivity contribution in [3.63, 3.8) is 0 Å². The molecule has 0 aliphatic rings. The van der Waals surface area contributed by atoms with Crippen LogP contribution in [0.15, 0.2) is 41.2 Å². The molecule has 4 nitrogen and oxygen atoms in total. The van der Waals surface area contributed by atoms with Crippen molar-refractivity contribution in [2.24, 2.45) is 0 Å². The topological polar surface area (TPSA) is 46.9 Å². The quantitative estimate of drug-likeness (QED) is 0.893. The maximum absolute atomic E-state index is 11.6. The molecule has 0 bridgehead atoms. The van der Waals surface area contributed by atoms with Crippen LogP contribution in [0.4, 0.5) is 5.69 Å². The van der Waals surface area contributed by atoms with Crippen molar-refractivity contribution < 1.29 is 0 Å². The summed E-state index contributed by atoms with van der Waals surface area (Å²) in [5, 5.41) is 7.50. The molecule has 1 N–H and O–H groups in total. The molecule has 1 heterocycles. The largest absolute Gasteiger partial charge is 0.383 e. The van der Waals surface area contributed by atoms with E-state index in [1.165, 1.54) is 10.2 Å². The SMILES string of the molecule is Cc1ccc(=O)n(CCNc2ccccc2C)n1. The molecule has 0 unspecified atom stereocenters. The van der Waals surface area contributed by atoms with Gasteiger partial charge < -0.3 is 5.32 Å². The van der Waals surface area contributed by atoms with Crippen molar-refractivity contribution in [2.45, 2.75) is 20.4 Å². The number of aromatic nitrogens is 2. The highest BCUT2D eigenvalue weighted by molar-refractivity contribution is 5.49. The summed E-state index contributed by atoms with van der Waals surface area (Å²) in [6, 6.07) is 11.4. The molecule has 0 aliphatic heterocycles. The Labute approximate surface area is 106 Å². The molecular formula is C14H17N3O. The number of anilines is 1. The lowest BCUT2D eigenvalue weighted by molar-refractivity contribution is 0.589. The number of nitrogens with zero attached hydrogens (tertiary/aromatic N) is 2. The zero-order valence-electron chi connectivity index (χ0n) is 10.7. The van der Waals surface area contributed by atoms with Crippen LogP contribution in [0.25, 0.3) is 0 Å². The average molecular weight is 243 g/mol. The Kier molecular flexibility index (Phi) is 3.77. The molecule has 2 aromatic rings. The second-order valence-electron chi connectivity index (χ2n) is 4.28. The Morgan fingerprint density at radius 2 is 1.94 bits per heavy atom. The van der Waals surface area contributed by atoms with Crippen LogP contribution < -0.4 is 10.9 Å². The molecule has 0 saturated carbocycles. The van der Waals surface area contributed by atoms with E-state index >= 15 is 0 Å². The minimum atomic E-state index is -0.0628. The van der Waals surface area contributed by atoms with Crippen molar-refractivity contribution >= 4 is 5.69 Å². The van der Waals surface area contributed by atoms with E-state index in [9.17, 15) is 4.79 Å². The summed E-state index contributed by atoms with van der Waals surface area (Å²) >= 11 is 0. The van der Waals surface area contributed by atoms with Crippen LogP contribution >= 0.6 is 0 Å². The number of rotatable bonds is 4. The van der Waals surface area contributed by atoms with Crippen molar-refractivity contribution in [3.05, 3.63) is 58.0 Å². The number of benzene rings is 1. The molecule has 1 aromatic carbocycles. The van der Waals surface area contributed by atoms with E-state index in [1.54, 1.807) is 12.1 Å². The highest BCUT2D eigenvalue weighted by Crippen LogP contribution is 2.12. The minimum Gasteiger partial charge on any atom is -0.383 e. The number of aryl methyl sites for hydroxylation is 2. The zero-order chi connectivity index (χ0) is 13.0. The van der Waals surface area contributed by atoms with Crippen molar-refractivity contribution in [1.82, 2.24) is 9.78 Å². The summed E-state index contributed by atoms with van der Waals surface area (Å²) < 4.78 is 1.49. The molecule has 1 aromatic heterocycles. The zero-order valence-corrected chi connectivity index (χ0v) is 10.7. The van der Waals surface area contributed by atoms with E-state index in [0.29, 0.717) is 13.1 Å². The van der Waals surface area contributed by atoms with Crippen LogP contribution in [0.5, 0.6) is 0 Å². The first-order chi connectivity index (χ1) is 8.66. The fourth-order valence-electron chi connectivity index (χ4n) is 1.78. The summed E-state index contributed by atoms with van der Waals surface area (Å²) in [6.45, 7) is 5.18. The number of nitrogens with one attached hydrogen (secondary N) is 1. The number of para-hydroxylation sites is 1. The summed E-state index contributed by atoms with van der Waals surface area (Å²) in [6.07, 6.45) is 0. The van der Waals surface area contributed by atoms with Crippen molar-refractivity contribution in [1.29, 1.82) is 0 Å². The first-order valence-corrected chi connectivity index (χ1v) is 6.01. The fraction of sp³-hybridized carbons (Fsp3) is 0.286. The van der Waals surface area contributed by atoms with E-state index < -0.39 is 0 Å². The standard InChI is InChI=1S/C14H17N3O/c1-11-5-3-4-6-13(11)15-9-10-17-14(18)8-7-12(2)16-17/h3-8,15H,9-10H2,1-2H3. The number of hydrogen-bond donors (Lipinski definition) is 1. The highest BCUT2D eigenvalue weighted by Gasteiger charge is 1.99. The lowest BCUT2D eigenvalue weighted by Gasteiger charge is -2.10. The second kappa shape index (κ2) is 5.49. The Balaban J connectivity index is 1.99. The molecule has 0 amide bonds. The van der Waals surface area contributed by atoms with E-state index in [2.05, 4.69) is 23.4 Å². The smallest absolute Gasteiger partial charge is 0.266 e. The molecule has 18 heavy (non-hydrogen) atoms. The van der Waals surface area contributed by atoms with Gasteiger partial charge in [0.2, 0.25) is 0 Å². The Hall–Kier alpha value is -2.10. The summed E-state index contributed by atoms with van der Waals surface area (Å²) in [7, 11) is 0. The van der Waals surface area contributed by atoms with Gasteiger partial charge >= 0.3 is 0 Å². The highest BCUT2D eigenvalue weighted by atomic mass is 16.1. The summed E-state index contributed by atoms with van der Waals surface area (Å²) in [5.41, 5.74) is 3.08. The van der Waals surface area contributed by atoms with Crippen LogP contribution in [0.2, 0.25) is 0 Å². The van der Waals surface area contributed by atoms with Gasteiger partial charge in [0.15, 0.2) is 0 Å². The molecule has 0 aliphatic carbocycles. The molecule has 0 atom stereocenters. The molecule has 2 rings (SSSR count). The van der Waals surface area contributed by atoms with Gasteiger partial charge in [0.05, 0.1) is 12.2 Å². The van der Waals surface area contributed by atoms with Gasteiger partial charge in [0.1, 0.15) is 0 Å². The van der Waals surface area contributed by atoms with E-state index in [0.717, 1.165) is 11.4 Å². The van der Waals surface area contributed by atoms with E-state index in [1.807, 2.05) is 25.1 Å². The maximum Gasteiger partial charge on any atom is 0.266 e. The lowest BCUT2D eigenvalue weighted by Crippen LogP contribution is -2.26. The monoisotopic (exact) mass is 243 g/mol. The van der Waals surface area contributed by atoms with Gasteiger partial charge in [-0.15, -0.1) is 0 Å². The molecule has 0 fully saturated rings. The van der Waals surface area contributed by atoms with Crippen LogP contribution in [-0.2, 0) is 6.54 Å². The molecule has 0 saturated heterocycles. The van der Waals surface area contributed by atoms with Gasteiger partial charge in [-0.1, -0.05) is 18.2 Å².